The second-order valence-electron chi connectivity index (χ2n) is 4.03. The van der Waals surface area contributed by atoms with Crippen molar-refractivity contribution < 1.29 is 19.3 Å². The van der Waals surface area contributed by atoms with Crippen LogP contribution in [0.2, 0.25) is 0 Å². The third kappa shape index (κ3) is 1.86. The van der Waals surface area contributed by atoms with Gasteiger partial charge in [-0.3, -0.25) is 20.1 Å². The van der Waals surface area contributed by atoms with Crippen LogP contribution in [0.5, 0.6) is 0 Å². The number of H-pyrrole nitrogens is 1. The largest absolute Gasteiger partial charge is 0.392 e. The van der Waals surface area contributed by atoms with E-state index >= 15 is 0 Å². The highest BCUT2D eigenvalue weighted by Crippen LogP contribution is 2.34. The van der Waals surface area contributed by atoms with Gasteiger partial charge in [-0.2, -0.15) is 0 Å². The van der Waals surface area contributed by atoms with Crippen molar-refractivity contribution in [3.8, 4) is 0 Å². The highest BCUT2D eigenvalue weighted by molar-refractivity contribution is 4.98. The average Bonchev–Trinajstić information content (AvgIpc) is 2.55. The number of halogens is 1. The van der Waals surface area contributed by atoms with Gasteiger partial charge in [-0.1, -0.05) is 0 Å². The number of aliphatic hydroxyl groups excluding tert-OH is 2. The number of aromatic amines is 1. The Morgan fingerprint density at radius 3 is 2.78 bits per heavy atom. The number of hydrogen-bond donors (Lipinski definition) is 4. The van der Waals surface area contributed by atoms with Gasteiger partial charge in [-0.15, -0.1) is 0 Å². The topological polar surface area (TPSA) is 131 Å². The predicted molar refractivity (Wildman–Crippen MR) is 56.4 cm³/mol. The van der Waals surface area contributed by atoms with E-state index in [1.54, 1.807) is 0 Å². The van der Waals surface area contributed by atoms with Gasteiger partial charge in [-0.05, 0) is 0 Å². The van der Waals surface area contributed by atoms with Crippen molar-refractivity contribution in [3.63, 3.8) is 0 Å². The standard InChI is InChI=1S/C9H12FN3O5/c10-5-6(16)9(11,3-14)18-7(5)13-2-1-4(15)12-8(13)17/h1-2,5-7,14,16H,3,11H2,(H,12,15,17). The minimum absolute atomic E-state index is 0.647. The van der Waals surface area contributed by atoms with Gasteiger partial charge in [0.15, 0.2) is 18.1 Å². The van der Waals surface area contributed by atoms with E-state index in [4.69, 9.17) is 15.6 Å². The van der Waals surface area contributed by atoms with Crippen LogP contribution in [0, 0.1) is 0 Å². The molecule has 0 bridgehead atoms. The number of nitrogens with two attached hydrogens (primary N) is 1. The molecule has 100 valence electrons. The molecule has 0 aliphatic carbocycles. The lowest BCUT2D eigenvalue weighted by Crippen LogP contribution is -2.53. The minimum atomic E-state index is -2.01. The number of nitrogens with one attached hydrogen (secondary N) is 1. The van der Waals surface area contributed by atoms with Crippen LogP contribution in [0.1, 0.15) is 6.23 Å². The lowest BCUT2D eigenvalue weighted by Gasteiger charge is -2.24. The van der Waals surface area contributed by atoms with Crippen LogP contribution in [0.15, 0.2) is 21.9 Å². The maximum atomic E-state index is 13.8. The molecule has 1 aliphatic heterocycles. The highest BCUT2D eigenvalue weighted by Gasteiger charge is 2.53. The molecule has 18 heavy (non-hydrogen) atoms. The van der Waals surface area contributed by atoms with E-state index in [0.29, 0.717) is 0 Å². The molecular formula is C9H12FN3O5. The average molecular weight is 261 g/mol. The van der Waals surface area contributed by atoms with Gasteiger partial charge in [0.2, 0.25) is 0 Å². The van der Waals surface area contributed by atoms with Crippen LogP contribution in [-0.2, 0) is 4.74 Å². The second kappa shape index (κ2) is 4.28. The number of aliphatic hydroxyl groups is 2. The molecule has 0 saturated carbocycles. The Bertz CT molecular complexity index is 558. The van der Waals surface area contributed by atoms with E-state index in [1.807, 2.05) is 4.98 Å². The smallest absolute Gasteiger partial charge is 0.330 e. The number of hydrogen-bond acceptors (Lipinski definition) is 6. The van der Waals surface area contributed by atoms with Crippen LogP contribution < -0.4 is 17.0 Å². The van der Waals surface area contributed by atoms with Gasteiger partial charge < -0.3 is 14.9 Å². The van der Waals surface area contributed by atoms with Crippen molar-refractivity contribution in [2.75, 3.05) is 6.61 Å². The summed E-state index contributed by atoms with van der Waals surface area (Å²) in [6.07, 6.45) is -4.28. The molecule has 4 unspecified atom stereocenters. The molecule has 4 atom stereocenters. The fourth-order valence-corrected chi connectivity index (χ4v) is 1.75. The van der Waals surface area contributed by atoms with E-state index in [9.17, 15) is 19.1 Å². The molecule has 8 nitrogen and oxygen atoms in total. The Morgan fingerprint density at radius 1 is 1.61 bits per heavy atom. The van der Waals surface area contributed by atoms with Gasteiger partial charge in [0.25, 0.3) is 5.56 Å². The van der Waals surface area contributed by atoms with Crippen molar-refractivity contribution in [1.82, 2.24) is 9.55 Å². The van der Waals surface area contributed by atoms with Crippen LogP contribution in [-0.4, -0.2) is 44.4 Å². The molecule has 0 aromatic carbocycles. The fourth-order valence-electron chi connectivity index (χ4n) is 1.75. The van der Waals surface area contributed by atoms with Crippen LogP contribution in [0.4, 0.5) is 4.39 Å². The zero-order valence-corrected chi connectivity index (χ0v) is 9.12. The molecule has 5 N–H and O–H groups in total. The summed E-state index contributed by atoms with van der Waals surface area (Å²) in [6.45, 7) is -0.816. The van der Waals surface area contributed by atoms with Crippen LogP contribution >= 0.6 is 0 Å². The molecule has 0 amide bonds. The summed E-state index contributed by atoms with van der Waals surface area (Å²) < 4.78 is 19.5. The third-order valence-corrected chi connectivity index (χ3v) is 2.79. The number of ether oxygens (including phenoxy) is 1. The first kappa shape index (κ1) is 12.9. The first-order chi connectivity index (χ1) is 8.39. The van der Waals surface area contributed by atoms with Gasteiger partial charge >= 0.3 is 5.69 Å². The molecule has 2 rings (SSSR count). The summed E-state index contributed by atoms with van der Waals surface area (Å²) in [5, 5.41) is 18.5. The summed E-state index contributed by atoms with van der Waals surface area (Å²) in [5.41, 5.74) is 1.92. The van der Waals surface area contributed by atoms with E-state index in [0.717, 1.165) is 16.8 Å². The highest BCUT2D eigenvalue weighted by atomic mass is 19.1. The summed E-state index contributed by atoms with van der Waals surface area (Å²) in [5.74, 6) is 0. The van der Waals surface area contributed by atoms with Gasteiger partial charge in [-0.25, -0.2) is 9.18 Å². The first-order valence-corrected chi connectivity index (χ1v) is 5.10. The van der Waals surface area contributed by atoms with Crippen molar-refractivity contribution >= 4 is 0 Å². The van der Waals surface area contributed by atoms with E-state index in [-0.39, 0.29) is 0 Å². The van der Waals surface area contributed by atoms with Crippen molar-refractivity contribution in [3.05, 3.63) is 33.1 Å². The quantitative estimate of drug-likeness (QED) is 0.462. The van der Waals surface area contributed by atoms with Crippen molar-refractivity contribution in [1.29, 1.82) is 0 Å². The summed E-state index contributed by atoms with van der Waals surface area (Å²) in [4.78, 5) is 24.2. The maximum absolute atomic E-state index is 13.8. The molecule has 1 aliphatic rings. The van der Waals surface area contributed by atoms with Crippen molar-refractivity contribution in [2.45, 2.75) is 24.2 Å². The Labute approximate surface area is 99.4 Å². The molecule has 1 fully saturated rings. The van der Waals surface area contributed by atoms with E-state index in [2.05, 4.69) is 0 Å². The molecule has 0 radical (unpaired) electrons. The lowest BCUT2D eigenvalue weighted by atomic mass is 10.1. The zero-order valence-electron chi connectivity index (χ0n) is 9.12. The van der Waals surface area contributed by atoms with Crippen LogP contribution in [0.25, 0.3) is 0 Å². The number of rotatable bonds is 2. The first-order valence-electron chi connectivity index (χ1n) is 5.10. The Balaban J connectivity index is 2.41. The minimum Gasteiger partial charge on any atom is -0.392 e. The number of alkyl halides is 1. The fraction of sp³-hybridized carbons (Fsp3) is 0.556. The summed E-state index contributed by atoms with van der Waals surface area (Å²) in [7, 11) is 0. The molecule has 0 spiro atoms. The van der Waals surface area contributed by atoms with Gasteiger partial charge in [0.05, 0.1) is 6.61 Å². The second-order valence-corrected chi connectivity index (χ2v) is 4.03. The van der Waals surface area contributed by atoms with Gasteiger partial charge in [0, 0.05) is 12.3 Å². The normalized spacial score (nSPS) is 35.9. The molecule has 1 aromatic heterocycles. The van der Waals surface area contributed by atoms with Crippen LogP contribution in [0.3, 0.4) is 0 Å². The number of nitrogens with zero attached hydrogens (tertiary/aromatic N) is 1. The summed E-state index contributed by atoms with van der Waals surface area (Å²) >= 11 is 0. The summed E-state index contributed by atoms with van der Waals surface area (Å²) in [6, 6.07) is 0.999. The molecular weight excluding hydrogens is 249 g/mol. The Hall–Kier alpha value is -1.55. The van der Waals surface area contributed by atoms with E-state index in [1.165, 1.54) is 0 Å². The van der Waals surface area contributed by atoms with E-state index < -0.39 is 42.1 Å². The molecule has 2 heterocycles. The Morgan fingerprint density at radius 2 is 2.28 bits per heavy atom. The monoisotopic (exact) mass is 261 g/mol. The molecule has 1 saturated heterocycles. The predicted octanol–water partition coefficient (Wildman–Crippen LogP) is -2.59. The maximum Gasteiger partial charge on any atom is 0.330 e. The van der Waals surface area contributed by atoms with Gasteiger partial charge in [0.1, 0.15) is 6.10 Å². The zero-order chi connectivity index (χ0) is 13.5. The number of aromatic nitrogens is 2. The lowest BCUT2D eigenvalue weighted by molar-refractivity contribution is -0.125. The molecule has 9 heteroatoms. The Kier molecular flexibility index (Phi) is 3.07. The SMILES string of the molecule is NC1(CO)OC(n2ccc(=O)[nH]c2=O)C(F)C1O. The van der Waals surface area contributed by atoms with Crippen molar-refractivity contribution in [2.24, 2.45) is 5.73 Å². The third-order valence-electron chi connectivity index (χ3n) is 2.79. The molecule has 1 aromatic rings.